The molecule has 4 fully saturated rings. The molecular weight excluding hydrogens is 292 g/mol. The first kappa shape index (κ1) is 17.0. The van der Waals surface area contributed by atoms with Crippen molar-refractivity contribution < 1.29 is 9.53 Å². The molecule has 23 heavy (non-hydrogen) atoms. The summed E-state index contributed by atoms with van der Waals surface area (Å²) in [6.45, 7) is 12.3. The molecule has 0 aromatic carbocycles. The summed E-state index contributed by atoms with van der Waals surface area (Å²) in [5, 5.41) is 5.95. The van der Waals surface area contributed by atoms with Gasteiger partial charge in [-0.3, -0.25) is 9.80 Å². The number of piperidine rings is 3. The fraction of sp³-hybridized carbons (Fsp3) is 0.941. The fourth-order valence-electron chi connectivity index (χ4n) is 4.31. The molecular formula is C17H32N4O2. The maximum Gasteiger partial charge on any atom is 0.315 e. The first-order valence-electron chi connectivity index (χ1n) is 9.20. The van der Waals surface area contributed by atoms with E-state index in [9.17, 15) is 4.79 Å². The van der Waals surface area contributed by atoms with Crippen molar-refractivity contribution in [1.29, 1.82) is 0 Å². The summed E-state index contributed by atoms with van der Waals surface area (Å²) >= 11 is 0. The molecule has 2 N–H and O–H groups in total. The maximum atomic E-state index is 11.8. The van der Waals surface area contributed by atoms with Crippen LogP contribution in [0.4, 0.5) is 4.79 Å². The van der Waals surface area contributed by atoms with Crippen LogP contribution < -0.4 is 10.6 Å². The minimum absolute atomic E-state index is 0.0347. The Kier molecular flexibility index (Phi) is 5.77. The predicted octanol–water partition coefficient (Wildman–Crippen LogP) is 0.737. The molecule has 4 saturated heterocycles. The number of nitrogens with one attached hydrogen (secondary N) is 2. The van der Waals surface area contributed by atoms with E-state index >= 15 is 0 Å². The Hall–Kier alpha value is -0.850. The Morgan fingerprint density at radius 3 is 2.70 bits per heavy atom. The number of ether oxygens (including phenoxy) is 1. The zero-order chi connectivity index (χ0) is 16.2. The molecule has 6 nitrogen and oxygen atoms in total. The third-order valence-electron chi connectivity index (χ3n) is 5.53. The van der Waals surface area contributed by atoms with E-state index < -0.39 is 0 Å². The van der Waals surface area contributed by atoms with Crippen LogP contribution >= 0.6 is 0 Å². The van der Waals surface area contributed by atoms with Gasteiger partial charge in [-0.2, -0.15) is 0 Å². The van der Waals surface area contributed by atoms with Crippen molar-refractivity contribution in [2.75, 3.05) is 52.5 Å². The van der Waals surface area contributed by atoms with E-state index in [4.69, 9.17) is 4.74 Å². The number of rotatable bonds is 5. The highest BCUT2D eigenvalue weighted by molar-refractivity contribution is 5.74. The van der Waals surface area contributed by atoms with Gasteiger partial charge < -0.3 is 15.4 Å². The molecule has 4 aliphatic rings. The molecule has 0 aromatic rings. The Labute approximate surface area is 139 Å². The van der Waals surface area contributed by atoms with Gasteiger partial charge >= 0.3 is 6.03 Å². The van der Waals surface area contributed by atoms with Gasteiger partial charge in [0.15, 0.2) is 0 Å². The van der Waals surface area contributed by atoms with Gasteiger partial charge in [-0.15, -0.1) is 0 Å². The SMILES string of the molecule is CC(C)NC(=O)NCC1CC2CCN1CC2CN1CCOCC1. The van der Waals surface area contributed by atoms with Crippen molar-refractivity contribution in [2.45, 2.75) is 38.8 Å². The number of amides is 2. The van der Waals surface area contributed by atoms with Gasteiger partial charge in [0.2, 0.25) is 0 Å². The number of hydrogen-bond donors (Lipinski definition) is 2. The number of fused-ring (bicyclic) bond motifs is 3. The molecule has 4 heterocycles. The Morgan fingerprint density at radius 1 is 1.26 bits per heavy atom. The standard InChI is InChI=1S/C17H32N4O2/c1-13(2)19-17(22)18-10-16-9-14-3-4-21(16)12-15(14)11-20-5-7-23-8-6-20/h13-16H,3-12H2,1-2H3,(H2,18,19,22). The van der Waals surface area contributed by atoms with Gasteiger partial charge in [-0.25, -0.2) is 4.79 Å². The fourth-order valence-corrected chi connectivity index (χ4v) is 4.31. The molecule has 4 atom stereocenters. The van der Waals surface area contributed by atoms with Crippen LogP contribution in [0.15, 0.2) is 0 Å². The Balaban J connectivity index is 1.44. The van der Waals surface area contributed by atoms with Gasteiger partial charge in [0.05, 0.1) is 13.2 Å². The van der Waals surface area contributed by atoms with E-state index in [0.29, 0.717) is 6.04 Å². The molecule has 0 radical (unpaired) electrons. The summed E-state index contributed by atoms with van der Waals surface area (Å²) in [4.78, 5) is 16.9. The van der Waals surface area contributed by atoms with Crippen LogP contribution in [0.25, 0.3) is 0 Å². The number of carbonyl (C=O) groups excluding carboxylic acids is 1. The highest BCUT2D eigenvalue weighted by Gasteiger charge is 2.40. The van der Waals surface area contributed by atoms with Gasteiger partial charge in [-0.1, -0.05) is 0 Å². The molecule has 0 spiro atoms. The average molecular weight is 324 g/mol. The summed E-state index contributed by atoms with van der Waals surface area (Å²) in [5.41, 5.74) is 0. The Morgan fingerprint density at radius 2 is 2.04 bits per heavy atom. The molecule has 6 heteroatoms. The minimum atomic E-state index is -0.0347. The summed E-state index contributed by atoms with van der Waals surface area (Å²) in [6, 6.07) is 0.677. The van der Waals surface area contributed by atoms with Crippen LogP contribution in [0, 0.1) is 11.8 Å². The lowest BCUT2D eigenvalue weighted by molar-refractivity contribution is -0.0290. The van der Waals surface area contributed by atoms with E-state index in [1.807, 2.05) is 13.8 Å². The van der Waals surface area contributed by atoms with E-state index in [-0.39, 0.29) is 12.1 Å². The number of hydrogen-bond acceptors (Lipinski definition) is 4. The van der Waals surface area contributed by atoms with Crippen molar-refractivity contribution in [1.82, 2.24) is 20.4 Å². The topological polar surface area (TPSA) is 56.8 Å². The number of nitrogens with zero attached hydrogens (tertiary/aromatic N) is 2. The van der Waals surface area contributed by atoms with Crippen LogP contribution in [0.3, 0.4) is 0 Å². The van der Waals surface area contributed by atoms with Crippen LogP contribution in [-0.2, 0) is 4.74 Å². The summed E-state index contributed by atoms with van der Waals surface area (Å²) in [5.74, 6) is 1.62. The van der Waals surface area contributed by atoms with E-state index in [1.54, 1.807) is 0 Å². The molecule has 2 amide bonds. The lowest BCUT2D eigenvalue weighted by atomic mass is 9.75. The van der Waals surface area contributed by atoms with Crippen molar-refractivity contribution in [3.8, 4) is 0 Å². The molecule has 132 valence electrons. The molecule has 0 aromatic heterocycles. The first-order valence-corrected chi connectivity index (χ1v) is 9.20. The third kappa shape index (κ3) is 4.58. The molecule has 0 saturated carbocycles. The average Bonchev–Trinajstić information content (AvgIpc) is 2.54. The van der Waals surface area contributed by atoms with Crippen LogP contribution in [0.5, 0.6) is 0 Å². The minimum Gasteiger partial charge on any atom is -0.379 e. The monoisotopic (exact) mass is 324 g/mol. The smallest absolute Gasteiger partial charge is 0.315 e. The zero-order valence-corrected chi connectivity index (χ0v) is 14.6. The number of morpholine rings is 1. The second-order valence-corrected chi connectivity index (χ2v) is 7.62. The van der Waals surface area contributed by atoms with Crippen LogP contribution in [0.2, 0.25) is 0 Å². The molecule has 0 aliphatic carbocycles. The van der Waals surface area contributed by atoms with Gasteiger partial charge in [0.1, 0.15) is 0 Å². The summed E-state index contributed by atoms with van der Waals surface area (Å²) in [6.07, 6.45) is 2.56. The summed E-state index contributed by atoms with van der Waals surface area (Å²) in [7, 11) is 0. The van der Waals surface area contributed by atoms with E-state index in [0.717, 1.165) is 44.7 Å². The Bertz CT molecular complexity index is 398. The quantitative estimate of drug-likeness (QED) is 0.783. The molecule has 4 aliphatic heterocycles. The van der Waals surface area contributed by atoms with E-state index in [1.165, 1.54) is 32.5 Å². The van der Waals surface area contributed by atoms with Crippen molar-refractivity contribution in [2.24, 2.45) is 11.8 Å². The number of carbonyl (C=O) groups is 1. The molecule has 2 bridgehead atoms. The lowest BCUT2D eigenvalue weighted by Crippen LogP contribution is -2.59. The third-order valence-corrected chi connectivity index (χ3v) is 5.53. The zero-order valence-electron chi connectivity index (χ0n) is 14.6. The highest BCUT2D eigenvalue weighted by Crippen LogP contribution is 2.36. The largest absolute Gasteiger partial charge is 0.379 e. The van der Waals surface area contributed by atoms with Gasteiger partial charge in [0.25, 0.3) is 0 Å². The second-order valence-electron chi connectivity index (χ2n) is 7.62. The number of urea groups is 1. The summed E-state index contributed by atoms with van der Waals surface area (Å²) < 4.78 is 5.45. The van der Waals surface area contributed by atoms with Crippen molar-refractivity contribution in [3.63, 3.8) is 0 Å². The molecule has 4 rings (SSSR count). The second kappa shape index (κ2) is 7.81. The molecule has 4 unspecified atom stereocenters. The maximum absolute atomic E-state index is 11.8. The predicted molar refractivity (Wildman–Crippen MR) is 90.5 cm³/mol. The highest BCUT2D eigenvalue weighted by atomic mass is 16.5. The van der Waals surface area contributed by atoms with Crippen molar-refractivity contribution >= 4 is 6.03 Å². The first-order chi connectivity index (χ1) is 11.1. The van der Waals surface area contributed by atoms with Gasteiger partial charge in [-0.05, 0) is 45.1 Å². The lowest BCUT2D eigenvalue weighted by Gasteiger charge is -2.51. The van der Waals surface area contributed by atoms with Crippen molar-refractivity contribution in [3.05, 3.63) is 0 Å². The van der Waals surface area contributed by atoms with Crippen LogP contribution in [0.1, 0.15) is 26.7 Å². The van der Waals surface area contributed by atoms with Crippen LogP contribution in [-0.4, -0.2) is 80.4 Å². The van der Waals surface area contributed by atoms with E-state index in [2.05, 4.69) is 20.4 Å². The normalized spacial score (nSPS) is 34.6. The van der Waals surface area contributed by atoms with Gasteiger partial charge in [0, 0.05) is 44.8 Å².